The third kappa shape index (κ3) is 13.6. The average Bonchev–Trinajstić information content (AvgIpc) is 3.32. The molecule has 0 aromatic rings. The van der Waals surface area contributed by atoms with E-state index in [0.717, 1.165) is 132 Å². The first kappa shape index (κ1) is 52.0. The topological polar surface area (TPSA) is 336 Å². The van der Waals surface area contributed by atoms with Gasteiger partial charge in [0.1, 0.15) is 12.3 Å². The number of aliphatic hydroxyl groups excluding tert-OH is 3. The van der Waals surface area contributed by atoms with Crippen LogP contribution in [-0.4, -0.2) is 125 Å². The third-order valence-electron chi connectivity index (χ3n) is 16.2. The van der Waals surface area contributed by atoms with Gasteiger partial charge in [0.25, 0.3) is 0 Å². The number of hydrogen-bond donors (Lipinski definition) is 11. The van der Waals surface area contributed by atoms with Crippen molar-refractivity contribution in [2.45, 2.75) is 199 Å². The maximum Gasteiger partial charge on any atom is 0.306 e. The summed E-state index contributed by atoms with van der Waals surface area (Å²) in [5.74, 6) is -0.352. The lowest BCUT2D eigenvalue weighted by molar-refractivity contribution is -0.432. The second-order valence-corrected chi connectivity index (χ2v) is 22.7. The summed E-state index contributed by atoms with van der Waals surface area (Å²) in [4.78, 5) is 11.5. The van der Waals surface area contributed by atoms with E-state index in [0.29, 0.717) is 19.3 Å². The van der Waals surface area contributed by atoms with Crippen LogP contribution < -0.4 is 21.3 Å². The Labute approximate surface area is 401 Å². The number of azo groups is 3. The minimum atomic E-state index is -1.08. The molecule has 8 fully saturated rings. The monoisotopic (exact) mass is 1010 g/mol. The van der Waals surface area contributed by atoms with Gasteiger partial charge in [-0.1, -0.05) is 15.1 Å². The Morgan fingerprint density at radius 3 is 1.58 bits per heavy atom. The first-order valence-electron chi connectivity index (χ1n) is 24.0. The van der Waals surface area contributed by atoms with E-state index < -0.39 is 37.1 Å². The number of fused-ring (bicyclic) bond motifs is 3. The molecule has 7 saturated carbocycles. The summed E-state index contributed by atoms with van der Waals surface area (Å²) in [6.45, 7) is 0. The highest BCUT2D eigenvalue weighted by Gasteiger charge is 2.50. The lowest BCUT2D eigenvalue weighted by Crippen LogP contribution is -2.72. The molecule has 0 amide bonds. The highest BCUT2D eigenvalue weighted by Crippen LogP contribution is 2.50. The van der Waals surface area contributed by atoms with E-state index in [1.165, 1.54) is 0 Å². The fraction of sp³-hybridized carbons (Fsp3) is 0.975. The van der Waals surface area contributed by atoms with Gasteiger partial charge < -0.3 is 20.4 Å². The van der Waals surface area contributed by atoms with Gasteiger partial charge in [0.15, 0.2) is 12.7 Å². The molecule has 18 atom stereocenters. The molecule has 0 bridgehead atoms. The Morgan fingerprint density at radius 2 is 1.03 bits per heavy atom. The number of nitrogens with one attached hydrogen (secondary N) is 4. The summed E-state index contributed by atoms with van der Waals surface area (Å²) in [5.41, 5.74) is 0. The number of aliphatic hydroxyl groups is 3. The van der Waals surface area contributed by atoms with Crippen molar-refractivity contribution in [3.05, 3.63) is 0 Å². The van der Waals surface area contributed by atoms with Crippen molar-refractivity contribution in [1.82, 2.24) is 21.3 Å². The van der Waals surface area contributed by atoms with Crippen LogP contribution in [0, 0.1) is 41.4 Å². The lowest BCUT2D eigenvalue weighted by atomic mass is 9.66. The summed E-state index contributed by atoms with van der Waals surface area (Å²) in [6.07, 6.45) is 10.1. The fourth-order valence-electron chi connectivity index (χ4n) is 12.9. The minimum Gasteiger partial charge on any atom is -0.481 e. The fourth-order valence-corrected chi connectivity index (χ4v) is 15.1. The van der Waals surface area contributed by atoms with Crippen molar-refractivity contribution in [3.63, 3.8) is 0 Å². The molecule has 8 aliphatic rings. The van der Waals surface area contributed by atoms with Crippen molar-refractivity contribution < 1.29 is 69.1 Å². The van der Waals surface area contributed by atoms with Gasteiger partial charge in [0, 0.05) is 52.7 Å². The zero-order chi connectivity index (χ0) is 46.9. The molecule has 0 aromatic carbocycles. The van der Waals surface area contributed by atoms with Gasteiger partial charge in [-0.3, -0.25) is 20.7 Å². The number of carbonyl (C=O) groups is 1. The summed E-state index contributed by atoms with van der Waals surface area (Å²) in [6, 6.07) is -0.734. The SMILES string of the molecule is O=C(O)C1CCC(N=NC2CCC(N=NC3CCC(N=NC4C(SOOO)CC5CC(NC6NC(O)NC(O)N6)CCC5C4O)C4CCC(SOOO)CC34)C3CCC(SOOO)CC23)CC1. The smallest absolute Gasteiger partial charge is 0.306 e. The molecule has 7 aliphatic carbocycles. The minimum absolute atomic E-state index is 0.000123. The van der Waals surface area contributed by atoms with Crippen LogP contribution in [0.3, 0.4) is 0 Å². The van der Waals surface area contributed by atoms with Gasteiger partial charge >= 0.3 is 5.97 Å². The summed E-state index contributed by atoms with van der Waals surface area (Å²) in [7, 11) is 0. The summed E-state index contributed by atoms with van der Waals surface area (Å²) < 4.78 is 14.8. The Balaban J connectivity index is 0.928. The van der Waals surface area contributed by atoms with E-state index in [2.05, 4.69) is 36.4 Å². The van der Waals surface area contributed by atoms with Crippen LogP contribution in [-0.2, 0) is 32.9 Å². The van der Waals surface area contributed by atoms with E-state index in [1.807, 2.05) is 0 Å². The molecular formula is C40H68N10O14S3. The maximum absolute atomic E-state index is 11.9. The van der Waals surface area contributed by atoms with Gasteiger partial charge in [0.2, 0.25) is 0 Å². The van der Waals surface area contributed by atoms with E-state index in [9.17, 15) is 25.2 Å². The van der Waals surface area contributed by atoms with Gasteiger partial charge in [-0.25, -0.2) is 21.1 Å². The van der Waals surface area contributed by atoms with E-state index in [1.54, 1.807) is 0 Å². The van der Waals surface area contributed by atoms with Crippen molar-refractivity contribution in [2.24, 2.45) is 72.1 Å². The quantitative estimate of drug-likeness (QED) is 0.0358. The van der Waals surface area contributed by atoms with Gasteiger partial charge in [0.05, 0.1) is 47.5 Å². The van der Waals surface area contributed by atoms with Crippen LogP contribution in [0.5, 0.6) is 0 Å². The highest BCUT2D eigenvalue weighted by atomic mass is 32.2. The molecule has 24 nitrogen and oxygen atoms in total. The summed E-state index contributed by atoms with van der Waals surface area (Å²) >= 11 is 3.15. The van der Waals surface area contributed by atoms with Crippen LogP contribution >= 0.6 is 36.1 Å². The van der Waals surface area contributed by atoms with Crippen molar-refractivity contribution in [3.8, 4) is 0 Å². The molecule has 1 heterocycles. The Hall–Kier alpha value is -1.32. The van der Waals surface area contributed by atoms with E-state index in [-0.39, 0.29) is 93.4 Å². The van der Waals surface area contributed by atoms with Gasteiger partial charge in [-0.15, -0.1) is 13.0 Å². The molecular weight excluding hydrogens is 941 g/mol. The van der Waals surface area contributed by atoms with Crippen LogP contribution in [0.2, 0.25) is 0 Å². The molecule has 380 valence electrons. The first-order chi connectivity index (χ1) is 32.6. The Bertz CT molecular complexity index is 1640. The van der Waals surface area contributed by atoms with Crippen molar-refractivity contribution >= 4 is 42.1 Å². The number of carboxylic acid groups (broad SMARTS) is 1. The molecule has 8 rings (SSSR count). The third-order valence-corrected chi connectivity index (χ3v) is 18.7. The van der Waals surface area contributed by atoms with Crippen LogP contribution in [0.25, 0.3) is 0 Å². The van der Waals surface area contributed by atoms with Crippen molar-refractivity contribution in [1.29, 1.82) is 0 Å². The van der Waals surface area contributed by atoms with Gasteiger partial charge in [-0.05, 0) is 151 Å². The molecule has 0 radical (unpaired) electrons. The molecule has 27 heteroatoms. The standard InChI is InChI=1S/C40H68N10O14S3/c51-36-25-8-5-22(41-38-42-39(54)44-40(55)43-38)15-20(25)16-34(67-64-61-58)35(36)50-49-31-12-14-33(29-18-24(66-63-60-57)7-10-27(29)31)48-47-30-11-13-32(28-17-23(65-62-59-56)6-9-26(28)30)46-45-21-3-1-19(2-4-21)37(52)53/h19-36,38-44,51,54-58H,1-18H2,(H,52,53). The molecule has 0 spiro atoms. The molecule has 67 heavy (non-hydrogen) atoms. The lowest BCUT2D eigenvalue weighted by Gasteiger charge is -2.48. The van der Waals surface area contributed by atoms with Crippen LogP contribution in [0.1, 0.15) is 116 Å². The largest absolute Gasteiger partial charge is 0.481 e. The van der Waals surface area contributed by atoms with Crippen LogP contribution in [0.15, 0.2) is 30.7 Å². The number of hydrogen-bond acceptors (Lipinski definition) is 26. The second kappa shape index (κ2) is 25.4. The highest BCUT2D eigenvalue weighted by molar-refractivity contribution is 7.95. The predicted octanol–water partition coefficient (Wildman–Crippen LogP) is 5.32. The van der Waals surface area contributed by atoms with E-state index in [4.69, 9.17) is 59.5 Å². The zero-order valence-electron chi connectivity index (χ0n) is 37.2. The number of carboxylic acids is 1. The number of rotatable bonds is 18. The Kier molecular flexibility index (Phi) is 19.7. The second-order valence-electron chi connectivity index (χ2n) is 19.8. The van der Waals surface area contributed by atoms with Gasteiger partial charge in [-0.2, -0.15) is 30.7 Å². The van der Waals surface area contributed by atoms with E-state index >= 15 is 0 Å². The van der Waals surface area contributed by atoms with Crippen molar-refractivity contribution in [2.75, 3.05) is 0 Å². The first-order valence-corrected chi connectivity index (χ1v) is 26.4. The summed E-state index contributed by atoms with van der Waals surface area (Å²) in [5, 5.41) is 122. The normalized spacial score (nSPS) is 45.2. The molecule has 1 saturated heterocycles. The zero-order valence-corrected chi connectivity index (χ0v) is 39.7. The average molecular weight is 1010 g/mol. The Morgan fingerprint density at radius 1 is 0.522 bits per heavy atom. The molecule has 18 unspecified atom stereocenters. The molecule has 11 N–H and O–H groups in total. The maximum atomic E-state index is 11.9. The predicted molar refractivity (Wildman–Crippen MR) is 239 cm³/mol. The molecule has 0 aromatic heterocycles. The number of aliphatic carboxylic acids is 1. The number of nitrogens with zero attached hydrogens (tertiary/aromatic N) is 6. The molecule has 1 aliphatic heterocycles. The van der Waals surface area contributed by atoms with Crippen LogP contribution in [0.4, 0.5) is 0 Å².